The van der Waals surface area contributed by atoms with Gasteiger partial charge in [0.15, 0.2) is 6.10 Å². The number of nitrogens with one attached hydrogen (secondary N) is 2. The molecular formula is C16H16FN3O7S2. The molecule has 0 saturated carbocycles. The second-order valence-electron chi connectivity index (χ2n) is 5.62. The Morgan fingerprint density at radius 2 is 2.07 bits per heavy atom. The summed E-state index contributed by atoms with van der Waals surface area (Å²) in [6.07, 6.45) is -1.58. The number of hydrogen-bond acceptors (Lipinski definition) is 8. The van der Waals surface area contributed by atoms with Gasteiger partial charge in [-0.2, -0.15) is 4.39 Å². The summed E-state index contributed by atoms with van der Waals surface area (Å²) in [5.74, 6) is -2.68. The number of carbonyl (C=O) groups is 2. The average Bonchev–Trinajstić information content (AvgIpc) is 3.18. The number of hydrogen-bond donors (Lipinski definition) is 2. The van der Waals surface area contributed by atoms with Crippen LogP contribution in [0.1, 0.15) is 13.3 Å². The number of esters is 1. The Kier molecular flexibility index (Phi) is 7.36. The molecular weight excluding hydrogens is 429 g/mol. The minimum Gasteiger partial charge on any atom is -0.452 e. The van der Waals surface area contributed by atoms with E-state index in [1.165, 1.54) is 13.0 Å². The fraction of sp³-hybridized carbons (Fsp3) is 0.250. The molecule has 13 heteroatoms. The number of nitrogens with zero attached hydrogens (tertiary/aromatic N) is 1. The molecule has 1 aromatic carbocycles. The predicted molar refractivity (Wildman–Crippen MR) is 101 cm³/mol. The quantitative estimate of drug-likeness (QED) is 0.341. The summed E-state index contributed by atoms with van der Waals surface area (Å²) in [5, 5.41) is 14.6. The Labute approximate surface area is 168 Å². The third-order valence-corrected chi connectivity index (χ3v) is 6.33. The summed E-state index contributed by atoms with van der Waals surface area (Å²) < 4.78 is 44.4. The highest BCUT2D eigenvalue weighted by Crippen LogP contribution is 2.22. The number of ether oxygens (including phenoxy) is 1. The van der Waals surface area contributed by atoms with E-state index in [1.807, 2.05) is 0 Å². The third kappa shape index (κ3) is 6.30. The van der Waals surface area contributed by atoms with E-state index in [0.717, 1.165) is 29.5 Å². The van der Waals surface area contributed by atoms with Crippen molar-refractivity contribution in [1.29, 1.82) is 0 Å². The first kappa shape index (κ1) is 22.4. The molecule has 1 aromatic heterocycles. The first-order valence-electron chi connectivity index (χ1n) is 8.07. The maximum Gasteiger partial charge on any atom is 0.307 e. The van der Waals surface area contributed by atoms with Gasteiger partial charge in [-0.15, -0.1) is 11.3 Å². The zero-order chi connectivity index (χ0) is 21.6. The van der Waals surface area contributed by atoms with Crippen molar-refractivity contribution in [3.8, 4) is 0 Å². The lowest BCUT2D eigenvalue weighted by Gasteiger charge is -2.13. The van der Waals surface area contributed by atoms with E-state index >= 15 is 0 Å². The number of sulfonamides is 1. The van der Waals surface area contributed by atoms with Crippen LogP contribution in [0.15, 0.2) is 39.9 Å². The summed E-state index contributed by atoms with van der Waals surface area (Å²) in [6, 6.07) is 5.76. The van der Waals surface area contributed by atoms with Crippen LogP contribution in [0.4, 0.5) is 15.8 Å². The summed E-state index contributed by atoms with van der Waals surface area (Å²) >= 11 is 1.02. The molecule has 0 spiro atoms. The number of nitro groups is 1. The van der Waals surface area contributed by atoms with E-state index in [9.17, 15) is 32.5 Å². The van der Waals surface area contributed by atoms with Crippen LogP contribution in [0.5, 0.6) is 0 Å². The fourth-order valence-electron chi connectivity index (χ4n) is 2.06. The van der Waals surface area contributed by atoms with Crippen LogP contribution in [0, 0.1) is 15.9 Å². The van der Waals surface area contributed by atoms with Gasteiger partial charge in [0.1, 0.15) is 4.21 Å². The number of nitro benzene ring substituents is 1. The van der Waals surface area contributed by atoms with E-state index < -0.39 is 44.4 Å². The van der Waals surface area contributed by atoms with Gasteiger partial charge >= 0.3 is 11.7 Å². The Morgan fingerprint density at radius 1 is 1.34 bits per heavy atom. The van der Waals surface area contributed by atoms with Crippen LogP contribution in [0.3, 0.4) is 0 Å². The van der Waals surface area contributed by atoms with Gasteiger partial charge in [-0.05, 0) is 30.5 Å². The number of halogens is 1. The van der Waals surface area contributed by atoms with Gasteiger partial charge in [0.05, 0.1) is 11.3 Å². The highest BCUT2D eigenvalue weighted by atomic mass is 32.2. The van der Waals surface area contributed by atoms with E-state index in [2.05, 4.69) is 10.0 Å². The second-order valence-corrected chi connectivity index (χ2v) is 8.57. The minimum absolute atomic E-state index is 0.0466. The smallest absolute Gasteiger partial charge is 0.307 e. The number of carbonyl (C=O) groups excluding carboxylic acids is 2. The molecule has 1 heterocycles. The van der Waals surface area contributed by atoms with Crippen LogP contribution in [0.2, 0.25) is 0 Å². The van der Waals surface area contributed by atoms with Gasteiger partial charge in [0.2, 0.25) is 15.8 Å². The number of amides is 1. The van der Waals surface area contributed by atoms with Crippen molar-refractivity contribution in [2.24, 2.45) is 0 Å². The average molecular weight is 445 g/mol. The SMILES string of the molecule is CC(OC(=O)CCNS(=O)(=O)c1cccs1)C(=O)Nc1ccc(F)c([N+](=O)[O-])c1. The number of thiophene rings is 1. The van der Waals surface area contributed by atoms with Crippen molar-refractivity contribution in [1.82, 2.24) is 4.72 Å². The van der Waals surface area contributed by atoms with Gasteiger partial charge in [-0.25, -0.2) is 13.1 Å². The molecule has 0 aliphatic rings. The minimum atomic E-state index is -3.72. The van der Waals surface area contributed by atoms with Crippen LogP contribution >= 0.6 is 11.3 Å². The standard InChI is InChI=1S/C16H16FN3O7S2/c1-10(16(22)19-11-4-5-12(17)13(9-11)20(23)24)27-14(21)6-7-18-29(25,26)15-3-2-8-28-15/h2-5,8-10,18H,6-7H2,1H3,(H,19,22). The van der Waals surface area contributed by atoms with Gasteiger partial charge in [-0.1, -0.05) is 6.07 Å². The maximum atomic E-state index is 13.3. The van der Waals surface area contributed by atoms with Crippen molar-refractivity contribution in [2.45, 2.75) is 23.7 Å². The molecule has 0 fully saturated rings. The molecule has 156 valence electrons. The van der Waals surface area contributed by atoms with Crippen molar-refractivity contribution >= 4 is 44.6 Å². The molecule has 1 atom stereocenters. The second kappa shape index (κ2) is 9.54. The molecule has 0 bridgehead atoms. The largest absolute Gasteiger partial charge is 0.452 e. The molecule has 2 aromatic rings. The van der Waals surface area contributed by atoms with Crippen LogP contribution in [0.25, 0.3) is 0 Å². The van der Waals surface area contributed by atoms with E-state index in [-0.39, 0.29) is 22.9 Å². The maximum absolute atomic E-state index is 13.3. The zero-order valence-electron chi connectivity index (χ0n) is 15.0. The monoisotopic (exact) mass is 445 g/mol. The topological polar surface area (TPSA) is 145 Å². The zero-order valence-corrected chi connectivity index (χ0v) is 16.6. The lowest BCUT2D eigenvalue weighted by atomic mass is 10.2. The summed E-state index contributed by atoms with van der Waals surface area (Å²) in [5.41, 5.74) is -0.861. The molecule has 0 radical (unpaired) electrons. The molecule has 2 rings (SSSR count). The third-order valence-electron chi connectivity index (χ3n) is 3.47. The van der Waals surface area contributed by atoms with Crippen LogP contribution in [-0.4, -0.2) is 37.9 Å². The van der Waals surface area contributed by atoms with Crippen molar-refractivity contribution in [2.75, 3.05) is 11.9 Å². The van der Waals surface area contributed by atoms with Gasteiger partial charge in [0, 0.05) is 18.3 Å². The van der Waals surface area contributed by atoms with Gasteiger partial charge < -0.3 is 10.1 Å². The van der Waals surface area contributed by atoms with E-state index in [4.69, 9.17) is 4.74 Å². The molecule has 0 saturated heterocycles. The van der Waals surface area contributed by atoms with Gasteiger partial charge in [0.25, 0.3) is 5.91 Å². The normalized spacial score (nSPS) is 12.2. The van der Waals surface area contributed by atoms with Crippen molar-refractivity contribution in [3.05, 3.63) is 51.6 Å². The first-order valence-corrected chi connectivity index (χ1v) is 10.4. The van der Waals surface area contributed by atoms with E-state index in [1.54, 1.807) is 11.4 Å². The van der Waals surface area contributed by atoms with E-state index in [0.29, 0.717) is 0 Å². The predicted octanol–water partition coefficient (Wildman–Crippen LogP) is 2.03. The Hall–Kier alpha value is -2.90. The van der Waals surface area contributed by atoms with Crippen LogP contribution in [-0.2, 0) is 24.3 Å². The molecule has 29 heavy (non-hydrogen) atoms. The van der Waals surface area contributed by atoms with Gasteiger partial charge in [-0.3, -0.25) is 19.7 Å². The molecule has 2 N–H and O–H groups in total. The van der Waals surface area contributed by atoms with Crippen molar-refractivity contribution in [3.63, 3.8) is 0 Å². The fourth-order valence-corrected chi connectivity index (χ4v) is 4.13. The molecule has 1 unspecified atom stereocenters. The molecule has 1 amide bonds. The molecule has 0 aliphatic carbocycles. The van der Waals surface area contributed by atoms with Crippen molar-refractivity contribution < 1.29 is 32.1 Å². The highest BCUT2D eigenvalue weighted by Gasteiger charge is 2.21. The highest BCUT2D eigenvalue weighted by molar-refractivity contribution is 7.91. The lowest BCUT2D eigenvalue weighted by molar-refractivity contribution is -0.387. The number of benzene rings is 1. The number of anilines is 1. The summed E-state index contributed by atoms with van der Waals surface area (Å²) in [6.45, 7) is 1.04. The summed E-state index contributed by atoms with van der Waals surface area (Å²) in [7, 11) is -3.72. The van der Waals surface area contributed by atoms with Crippen LogP contribution < -0.4 is 10.0 Å². The lowest BCUT2D eigenvalue weighted by Crippen LogP contribution is -2.32. The molecule has 10 nitrogen and oxygen atoms in total. The Morgan fingerprint density at radius 3 is 2.69 bits per heavy atom. The molecule has 0 aliphatic heterocycles. The summed E-state index contributed by atoms with van der Waals surface area (Å²) in [4.78, 5) is 33.6. The Balaban J connectivity index is 1.84. The first-order chi connectivity index (χ1) is 13.6. The number of rotatable bonds is 9. The Bertz CT molecular complexity index is 1010.